The highest BCUT2D eigenvalue weighted by Crippen LogP contribution is 1.86. The summed E-state index contributed by atoms with van der Waals surface area (Å²) in [5, 5.41) is 17.4. The van der Waals surface area contributed by atoms with Gasteiger partial charge < -0.3 is 5.11 Å². The van der Waals surface area contributed by atoms with Gasteiger partial charge in [-0.1, -0.05) is 0 Å². The molecule has 0 aliphatic rings. The van der Waals surface area contributed by atoms with Gasteiger partial charge in [-0.15, -0.1) is 0 Å². The molecular weight excluding hydrogens is 112 g/mol. The maximum absolute atomic E-state index is 9.61. The molecule has 0 fully saturated rings. The lowest BCUT2D eigenvalue weighted by atomic mass is 10.3. The molecule has 0 heterocycles. The highest BCUT2D eigenvalue weighted by atomic mass is 16.4. The normalized spacial score (nSPS) is 8.50. The van der Waals surface area contributed by atoms with Crippen LogP contribution in [0.2, 0.25) is 0 Å². The monoisotopic (exact) mass is 117 g/mol. The molecule has 45 valence electrons. The van der Waals surface area contributed by atoms with Crippen LogP contribution >= 0.6 is 0 Å². The molecule has 0 unspecified atom stereocenters. The van der Waals surface area contributed by atoms with Crippen molar-refractivity contribution < 1.29 is 19.8 Å². The summed E-state index contributed by atoms with van der Waals surface area (Å²) in [6, 6.07) is 0. The van der Waals surface area contributed by atoms with Crippen LogP contribution in [0, 0.1) is 0 Å². The van der Waals surface area contributed by atoms with Crippen molar-refractivity contribution in [3.05, 3.63) is 0 Å². The number of carbonyl (C=O) groups excluding carboxylic acids is 1. The topological polar surface area (TPSA) is 74.3 Å². The summed E-state index contributed by atoms with van der Waals surface area (Å²) in [6.07, 6.45) is -0.766. The highest BCUT2D eigenvalue weighted by molar-refractivity contribution is 5.74. The molecule has 0 saturated heterocycles. The molecular formula is C4H5O4. The van der Waals surface area contributed by atoms with E-state index in [-0.39, 0.29) is 6.42 Å². The van der Waals surface area contributed by atoms with E-state index in [1.165, 1.54) is 0 Å². The van der Waals surface area contributed by atoms with Crippen LogP contribution in [-0.2, 0) is 14.7 Å². The molecule has 0 rings (SSSR count). The number of carbonyl (C=O) groups is 2. The van der Waals surface area contributed by atoms with Gasteiger partial charge in [0.25, 0.3) is 0 Å². The minimum Gasteiger partial charge on any atom is -0.481 e. The Labute approximate surface area is 45.7 Å². The van der Waals surface area contributed by atoms with Crippen molar-refractivity contribution in [2.75, 3.05) is 0 Å². The van der Waals surface area contributed by atoms with Crippen molar-refractivity contribution >= 4 is 11.9 Å². The summed E-state index contributed by atoms with van der Waals surface area (Å²) in [5.74, 6) is -2.44. The van der Waals surface area contributed by atoms with Crippen molar-refractivity contribution in [2.45, 2.75) is 12.8 Å². The first kappa shape index (κ1) is 6.94. The lowest BCUT2D eigenvalue weighted by Gasteiger charge is -1.82. The van der Waals surface area contributed by atoms with E-state index in [2.05, 4.69) is 0 Å². The van der Waals surface area contributed by atoms with Gasteiger partial charge in [-0.2, -0.15) is 0 Å². The molecule has 1 N–H and O–H groups in total. The molecule has 1 radical (unpaired) electrons. The number of carboxylic acids is 1. The Morgan fingerprint density at radius 2 is 1.75 bits per heavy atom. The van der Waals surface area contributed by atoms with Crippen LogP contribution in [0.15, 0.2) is 0 Å². The fraction of sp³-hybridized carbons (Fsp3) is 0.500. The van der Waals surface area contributed by atoms with Crippen LogP contribution in [-0.4, -0.2) is 17.0 Å². The summed E-state index contributed by atoms with van der Waals surface area (Å²) in [5.41, 5.74) is 0. The van der Waals surface area contributed by atoms with Crippen molar-refractivity contribution in [1.29, 1.82) is 0 Å². The molecule has 0 aliphatic carbocycles. The first-order chi connectivity index (χ1) is 3.63. The summed E-state index contributed by atoms with van der Waals surface area (Å²) >= 11 is 0. The van der Waals surface area contributed by atoms with Gasteiger partial charge in [-0.3, -0.25) is 4.79 Å². The largest absolute Gasteiger partial charge is 0.481 e. The van der Waals surface area contributed by atoms with E-state index in [0.29, 0.717) is 0 Å². The van der Waals surface area contributed by atoms with Gasteiger partial charge in [0, 0.05) is 0 Å². The van der Waals surface area contributed by atoms with Crippen molar-refractivity contribution in [3.63, 3.8) is 0 Å². The first-order valence-electron chi connectivity index (χ1n) is 2.04. The molecule has 0 aromatic heterocycles. The third-order valence-corrected chi connectivity index (χ3v) is 0.543. The van der Waals surface area contributed by atoms with Gasteiger partial charge in [-0.25, -0.2) is 9.90 Å². The first-order valence-corrected chi connectivity index (χ1v) is 2.04. The Morgan fingerprint density at radius 3 is 1.88 bits per heavy atom. The van der Waals surface area contributed by atoms with Crippen LogP contribution in [0.3, 0.4) is 0 Å². The van der Waals surface area contributed by atoms with Crippen LogP contribution in [0.4, 0.5) is 0 Å². The zero-order chi connectivity index (χ0) is 6.57. The number of carboxylic acid groups (broad SMARTS) is 1. The lowest BCUT2D eigenvalue weighted by Crippen LogP contribution is -1.99. The van der Waals surface area contributed by atoms with Crippen LogP contribution < -0.4 is 0 Å². The van der Waals surface area contributed by atoms with Crippen LogP contribution in [0.5, 0.6) is 0 Å². The molecule has 0 aromatic carbocycles. The Hall–Kier alpha value is -1.06. The number of hydrogen-bond acceptors (Lipinski definition) is 2. The number of rotatable bonds is 3. The van der Waals surface area contributed by atoms with Gasteiger partial charge in [0.15, 0.2) is 0 Å². The Morgan fingerprint density at radius 1 is 1.25 bits per heavy atom. The third-order valence-electron chi connectivity index (χ3n) is 0.543. The summed E-state index contributed by atoms with van der Waals surface area (Å²) in [7, 11) is 0. The van der Waals surface area contributed by atoms with Crippen molar-refractivity contribution in [2.24, 2.45) is 0 Å². The summed E-state index contributed by atoms with van der Waals surface area (Å²) < 4.78 is 0. The zero-order valence-electron chi connectivity index (χ0n) is 4.09. The lowest BCUT2D eigenvalue weighted by molar-refractivity contribution is -0.147. The van der Waals surface area contributed by atoms with Gasteiger partial charge in [0.2, 0.25) is 0 Å². The third kappa shape index (κ3) is 4.94. The SMILES string of the molecule is [O]C(=O)CCC(=O)O. The molecule has 8 heavy (non-hydrogen) atoms. The zero-order valence-corrected chi connectivity index (χ0v) is 4.09. The van der Waals surface area contributed by atoms with E-state index in [1.807, 2.05) is 0 Å². The minimum atomic E-state index is -1.33. The maximum atomic E-state index is 9.61. The van der Waals surface area contributed by atoms with Gasteiger partial charge in [-0.05, 0) is 0 Å². The minimum absolute atomic E-state index is 0.359. The average molecular weight is 117 g/mol. The van der Waals surface area contributed by atoms with E-state index in [9.17, 15) is 14.7 Å². The van der Waals surface area contributed by atoms with Crippen LogP contribution in [0.25, 0.3) is 0 Å². The molecule has 4 heteroatoms. The van der Waals surface area contributed by atoms with E-state index in [4.69, 9.17) is 5.11 Å². The second-order valence-corrected chi connectivity index (χ2v) is 1.27. The van der Waals surface area contributed by atoms with E-state index in [0.717, 1.165) is 0 Å². The molecule has 0 atom stereocenters. The van der Waals surface area contributed by atoms with Gasteiger partial charge >= 0.3 is 11.9 Å². The predicted molar refractivity (Wildman–Crippen MR) is 22.6 cm³/mol. The number of hydrogen-bond donors (Lipinski definition) is 1. The second-order valence-electron chi connectivity index (χ2n) is 1.27. The predicted octanol–water partition coefficient (Wildman–Crippen LogP) is -0.192. The summed E-state index contributed by atoms with van der Waals surface area (Å²) in [6.45, 7) is 0. The Kier molecular flexibility index (Phi) is 2.61. The van der Waals surface area contributed by atoms with Gasteiger partial charge in [0.1, 0.15) is 0 Å². The smallest absolute Gasteiger partial charge is 0.356 e. The fourth-order valence-corrected chi connectivity index (χ4v) is 0.209. The van der Waals surface area contributed by atoms with E-state index >= 15 is 0 Å². The fourth-order valence-electron chi connectivity index (χ4n) is 0.209. The van der Waals surface area contributed by atoms with E-state index in [1.54, 1.807) is 0 Å². The molecule has 0 bridgehead atoms. The van der Waals surface area contributed by atoms with Crippen LogP contribution in [0.1, 0.15) is 12.8 Å². The molecule has 0 aliphatic heterocycles. The Balaban J connectivity index is 3.18. The molecule has 0 spiro atoms. The number of aliphatic carboxylic acids is 1. The van der Waals surface area contributed by atoms with E-state index < -0.39 is 18.4 Å². The molecule has 0 amide bonds. The molecule has 4 nitrogen and oxygen atoms in total. The highest BCUT2D eigenvalue weighted by Gasteiger charge is 2.02. The quantitative estimate of drug-likeness (QED) is 0.556. The van der Waals surface area contributed by atoms with Gasteiger partial charge in [0.05, 0.1) is 12.8 Å². The average Bonchev–Trinajstić information content (AvgIpc) is 1.61. The van der Waals surface area contributed by atoms with Crippen molar-refractivity contribution in [3.8, 4) is 0 Å². The Bertz CT molecular complexity index is 92.6. The maximum Gasteiger partial charge on any atom is 0.356 e. The van der Waals surface area contributed by atoms with Crippen molar-refractivity contribution in [1.82, 2.24) is 0 Å². The summed E-state index contributed by atoms with van der Waals surface area (Å²) in [4.78, 5) is 19.1. The molecule has 0 aromatic rings. The standard InChI is InChI=1S/C4H5O4/c5-3(6)1-2-4(7)8/h1-2H2,(H,5,6). The second kappa shape index (κ2) is 3.01. The molecule has 0 saturated carbocycles.